The molecule has 0 radical (unpaired) electrons. The Balaban J connectivity index is 1.73. The zero-order valence-corrected chi connectivity index (χ0v) is 15.0. The summed E-state index contributed by atoms with van der Waals surface area (Å²) in [5.74, 6) is 0.412. The maximum absolute atomic E-state index is 13.3. The molecule has 0 atom stereocenters. The lowest BCUT2D eigenvalue weighted by molar-refractivity contribution is -0.0885. The summed E-state index contributed by atoms with van der Waals surface area (Å²) < 4.78 is 39.8. The molecule has 2 heterocycles. The fourth-order valence-electron chi connectivity index (χ4n) is 3.04. The minimum atomic E-state index is -4.45. The third kappa shape index (κ3) is 3.61. The number of fused-ring (bicyclic) bond motifs is 1. The van der Waals surface area contributed by atoms with Gasteiger partial charge in [0.05, 0.1) is 23.4 Å². The molecular formula is C19H17ClF3N3O. The molecule has 0 unspecified atom stereocenters. The zero-order valence-electron chi connectivity index (χ0n) is 14.2. The Morgan fingerprint density at radius 1 is 1.26 bits per heavy atom. The molecule has 4 nitrogen and oxygen atoms in total. The number of nitrogens with one attached hydrogen (secondary N) is 1. The Morgan fingerprint density at radius 2 is 2.00 bits per heavy atom. The normalized spacial score (nSPS) is 20.9. The average Bonchev–Trinajstić information content (AvgIpc) is 3.37. The SMILES string of the molecule is OC1(CNC2=NCC(c3ccccc3Cl)=C3C=C(C(F)(F)F)C=CN23)CC1. The predicted octanol–water partition coefficient (Wildman–Crippen LogP) is 3.85. The molecule has 4 rings (SSSR count). The number of aliphatic imine (C=N–C) groups is 1. The van der Waals surface area contributed by atoms with E-state index in [2.05, 4.69) is 10.3 Å². The van der Waals surface area contributed by atoms with Crippen LogP contribution >= 0.6 is 11.6 Å². The molecule has 0 spiro atoms. The largest absolute Gasteiger partial charge is 0.416 e. The number of halogens is 4. The summed E-state index contributed by atoms with van der Waals surface area (Å²) in [5.41, 5.74) is 0.152. The van der Waals surface area contributed by atoms with Gasteiger partial charge in [-0.05, 0) is 31.1 Å². The van der Waals surface area contributed by atoms with Crippen molar-refractivity contribution in [2.24, 2.45) is 4.99 Å². The lowest BCUT2D eigenvalue weighted by Gasteiger charge is -2.33. The molecule has 1 saturated carbocycles. The first-order valence-electron chi connectivity index (χ1n) is 8.52. The van der Waals surface area contributed by atoms with Crippen molar-refractivity contribution >= 4 is 23.1 Å². The van der Waals surface area contributed by atoms with Crippen molar-refractivity contribution in [3.05, 3.63) is 64.5 Å². The predicted molar refractivity (Wildman–Crippen MR) is 98.0 cm³/mol. The van der Waals surface area contributed by atoms with Gasteiger partial charge in [0.15, 0.2) is 0 Å². The highest BCUT2D eigenvalue weighted by atomic mass is 35.5. The molecule has 2 N–H and O–H groups in total. The molecule has 2 aliphatic heterocycles. The Kier molecular flexibility index (Phi) is 4.31. The summed E-state index contributed by atoms with van der Waals surface area (Å²) >= 11 is 6.27. The van der Waals surface area contributed by atoms with Gasteiger partial charge in [-0.15, -0.1) is 0 Å². The Labute approximate surface area is 159 Å². The molecule has 3 aliphatic rings. The number of allylic oxidation sites excluding steroid dienone is 3. The number of alkyl halides is 3. The second kappa shape index (κ2) is 6.42. The highest BCUT2D eigenvalue weighted by molar-refractivity contribution is 6.32. The summed E-state index contributed by atoms with van der Waals surface area (Å²) in [6.45, 7) is 0.493. The number of rotatable bonds is 3. The molecule has 1 aliphatic carbocycles. The molecule has 0 amide bonds. The Hall–Kier alpha value is -2.25. The van der Waals surface area contributed by atoms with E-state index in [4.69, 9.17) is 11.6 Å². The second-order valence-electron chi connectivity index (χ2n) is 6.84. The van der Waals surface area contributed by atoms with E-state index in [1.165, 1.54) is 6.20 Å². The van der Waals surface area contributed by atoms with E-state index in [0.717, 1.165) is 12.2 Å². The van der Waals surface area contributed by atoms with E-state index in [0.29, 0.717) is 47.2 Å². The minimum Gasteiger partial charge on any atom is -0.388 e. The van der Waals surface area contributed by atoms with Gasteiger partial charge in [-0.1, -0.05) is 29.8 Å². The second-order valence-corrected chi connectivity index (χ2v) is 7.25. The van der Waals surface area contributed by atoms with Crippen LogP contribution in [0.1, 0.15) is 18.4 Å². The number of aliphatic hydroxyl groups is 1. The average molecular weight is 396 g/mol. The van der Waals surface area contributed by atoms with Crippen LogP contribution in [0.2, 0.25) is 5.02 Å². The fraction of sp³-hybridized carbons (Fsp3) is 0.316. The fourth-order valence-corrected chi connectivity index (χ4v) is 3.29. The van der Waals surface area contributed by atoms with Crippen molar-refractivity contribution in [2.45, 2.75) is 24.6 Å². The van der Waals surface area contributed by atoms with Crippen LogP contribution in [-0.2, 0) is 0 Å². The van der Waals surface area contributed by atoms with Crippen molar-refractivity contribution in [1.82, 2.24) is 10.2 Å². The quantitative estimate of drug-likeness (QED) is 0.817. The van der Waals surface area contributed by atoms with Crippen molar-refractivity contribution in [3.63, 3.8) is 0 Å². The van der Waals surface area contributed by atoms with Gasteiger partial charge in [-0.3, -0.25) is 4.90 Å². The number of hydrogen-bond donors (Lipinski definition) is 2. The van der Waals surface area contributed by atoms with Crippen LogP contribution < -0.4 is 5.32 Å². The van der Waals surface area contributed by atoms with Gasteiger partial charge in [0.2, 0.25) is 5.96 Å². The van der Waals surface area contributed by atoms with Crippen molar-refractivity contribution in [1.29, 1.82) is 0 Å². The smallest absolute Gasteiger partial charge is 0.388 e. The van der Waals surface area contributed by atoms with Crippen LogP contribution in [0.3, 0.4) is 0 Å². The highest BCUT2D eigenvalue weighted by Crippen LogP contribution is 2.38. The number of hydrogen-bond acceptors (Lipinski definition) is 4. The Bertz CT molecular complexity index is 898. The van der Waals surface area contributed by atoms with Gasteiger partial charge in [0.1, 0.15) is 0 Å². The van der Waals surface area contributed by atoms with E-state index in [1.807, 2.05) is 0 Å². The summed E-state index contributed by atoms with van der Waals surface area (Å²) in [6, 6.07) is 7.01. The highest BCUT2D eigenvalue weighted by Gasteiger charge is 2.41. The monoisotopic (exact) mass is 395 g/mol. The number of nitrogens with zero attached hydrogens (tertiary/aromatic N) is 2. The van der Waals surface area contributed by atoms with E-state index < -0.39 is 17.4 Å². The lowest BCUT2D eigenvalue weighted by atomic mass is 9.98. The molecule has 1 fully saturated rings. The molecule has 1 aromatic rings. The van der Waals surface area contributed by atoms with Crippen LogP contribution in [0.15, 0.2) is 58.9 Å². The van der Waals surface area contributed by atoms with Gasteiger partial charge in [0, 0.05) is 28.9 Å². The first-order valence-corrected chi connectivity index (χ1v) is 8.90. The van der Waals surface area contributed by atoms with E-state index in [1.54, 1.807) is 29.2 Å². The van der Waals surface area contributed by atoms with Gasteiger partial charge in [-0.2, -0.15) is 13.2 Å². The van der Waals surface area contributed by atoms with Gasteiger partial charge >= 0.3 is 6.18 Å². The maximum Gasteiger partial charge on any atom is 0.416 e. The van der Waals surface area contributed by atoms with Crippen LogP contribution in [0, 0.1) is 0 Å². The van der Waals surface area contributed by atoms with Crippen molar-refractivity contribution in [2.75, 3.05) is 13.1 Å². The molecule has 1 aromatic carbocycles. The zero-order chi connectivity index (χ0) is 19.2. The van der Waals surface area contributed by atoms with E-state index >= 15 is 0 Å². The van der Waals surface area contributed by atoms with Crippen molar-refractivity contribution in [3.8, 4) is 0 Å². The minimum absolute atomic E-state index is 0.186. The van der Waals surface area contributed by atoms with Crippen LogP contribution in [0.4, 0.5) is 13.2 Å². The molecule has 8 heteroatoms. The first kappa shape index (κ1) is 18.1. The summed E-state index contributed by atoms with van der Waals surface area (Å²) in [4.78, 5) is 6.05. The van der Waals surface area contributed by atoms with Gasteiger partial charge in [-0.25, -0.2) is 4.99 Å². The standard InChI is InChI=1S/C19H17ClF3N3O/c20-15-4-2-1-3-13(15)14-10-24-17(25-11-18(27)6-7-18)26-8-5-12(9-16(14)26)19(21,22)23/h1-5,8-9,27H,6-7,10-11H2,(H,24,25). The van der Waals surface area contributed by atoms with Gasteiger partial charge < -0.3 is 10.4 Å². The molecule has 0 bridgehead atoms. The van der Waals surface area contributed by atoms with Gasteiger partial charge in [0.25, 0.3) is 0 Å². The van der Waals surface area contributed by atoms with Crippen molar-refractivity contribution < 1.29 is 18.3 Å². The third-order valence-electron chi connectivity index (χ3n) is 4.81. The topological polar surface area (TPSA) is 47.9 Å². The molecular weight excluding hydrogens is 379 g/mol. The van der Waals surface area contributed by atoms with E-state index in [-0.39, 0.29) is 6.54 Å². The number of benzene rings is 1. The lowest BCUT2D eigenvalue weighted by Crippen LogP contribution is -2.44. The summed E-state index contributed by atoms with van der Waals surface area (Å²) in [6.07, 6.45) is 0.427. The molecule has 0 aromatic heterocycles. The first-order chi connectivity index (χ1) is 12.8. The van der Waals surface area contributed by atoms with E-state index in [9.17, 15) is 18.3 Å². The summed E-state index contributed by atoms with van der Waals surface area (Å²) in [5, 5.41) is 13.5. The third-order valence-corrected chi connectivity index (χ3v) is 5.14. The molecule has 142 valence electrons. The summed E-state index contributed by atoms with van der Waals surface area (Å²) in [7, 11) is 0. The molecule has 27 heavy (non-hydrogen) atoms. The molecule has 0 saturated heterocycles. The van der Waals surface area contributed by atoms with Crippen LogP contribution in [0.25, 0.3) is 5.57 Å². The Morgan fingerprint density at radius 3 is 2.67 bits per heavy atom. The van der Waals surface area contributed by atoms with Crippen LogP contribution in [-0.4, -0.2) is 40.8 Å². The number of guanidine groups is 1. The van der Waals surface area contributed by atoms with Crippen LogP contribution in [0.5, 0.6) is 0 Å². The maximum atomic E-state index is 13.3.